The van der Waals surface area contributed by atoms with Crippen molar-refractivity contribution in [3.05, 3.63) is 56.6 Å². The molecule has 1 heterocycles. The summed E-state index contributed by atoms with van der Waals surface area (Å²) in [5.74, 6) is 0.450. The Balaban J connectivity index is 2.24. The van der Waals surface area contributed by atoms with Crippen LogP contribution in [-0.2, 0) is 0 Å². The quantitative estimate of drug-likeness (QED) is 0.513. The molecule has 100 valence electrons. The van der Waals surface area contributed by atoms with Crippen LogP contribution >= 0.6 is 46.4 Å². The minimum Gasteiger partial charge on any atom is -0.228 e. The largest absolute Gasteiger partial charge is 0.228 e. The van der Waals surface area contributed by atoms with Crippen molar-refractivity contribution in [3.8, 4) is 11.4 Å². The SMILES string of the molecule is Clc1ccc(-c2nc(Cl)c3cc(Cl)ccc3n2)c(Cl)c1. The molecule has 3 rings (SSSR count). The highest BCUT2D eigenvalue weighted by Gasteiger charge is 2.11. The van der Waals surface area contributed by atoms with Gasteiger partial charge in [-0.15, -0.1) is 0 Å². The van der Waals surface area contributed by atoms with Gasteiger partial charge in [-0.1, -0.05) is 46.4 Å². The van der Waals surface area contributed by atoms with E-state index >= 15 is 0 Å². The molecule has 20 heavy (non-hydrogen) atoms. The van der Waals surface area contributed by atoms with Crippen LogP contribution in [0.5, 0.6) is 0 Å². The number of hydrogen-bond donors (Lipinski definition) is 0. The Hall–Kier alpha value is -1.06. The molecule has 0 amide bonds. The van der Waals surface area contributed by atoms with E-state index in [1.54, 1.807) is 36.4 Å². The molecule has 0 aliphatic carbocycles. The van der Waals surface area contributed by atoms with E-state index in [0.29, 0.717) is 42.5 Å². The van der Waals surface area contributed by atoms with Gasteiger partial charge >= 0.3 is 0 Å². The lowest BCUT2D eigenvalue weighted by Gasteiger charge is -2.07. The average Bonchev–Trinajstić information content (AvgIpc) is 2.39. The molecule has 0 radical (unpaired) electrons. The molecule has 0 unspecified atom stereocenters. The Morgan fingerprint density at radius 1 is 0.750 bits per heavy atom. The van der Waals surface area contributed by atoms with Gasteiger partial charge in [-0.05, 0) is 36.4 Å². The standard InChI is InChI=1S/C14H6Cl4N2/c15-7-2-4-12-10(5-7)13(18)20-14(19-12)9-3-1-8(16)6-11(9)17/h1-6H. The molecule has 0 spiro atoms. The minimum atomic E-state index is 0.332. The van der Waals surface area contributed by atoms with Crippen LogP contribution in [0.2, 0.25) is 20.2 Å². The maximum Gasteiger partial charge on any atom is 0.162 e. The van der Waals surface area contributed by atoms with Crippen molar-refractivity contribution in [1.82, 2.24) is 9.97 Å². The fourth-order valence-corrected chi connectivity index (χ4v) is 2.75. The topological polar surface area (TPSA) is 25.8 Å². The molecule has 0 saturated carbocycles. The predicted octanol–water partition coefficient (Wildman–Crippen LogP) is 5.91. The van der Waals surface area contributed by atoms with E-state index in [2.05, 4.69) is 9.97 Å². The van der Waals surface area contributed by atoms with Crippen LogP contribution in [0.4, 0.5) is 0 Å². The van der Waals surface area contributed by atoms with Crippen molar-refractivity contribution in [2.24, 2.45) is 0 Å². The van der Waals surface area contributed by atoms with Crippen LogP contribution in [0.25, 0.3) is 22.3 Å². The third-order valence-electron chi connectivity index (χ3n) is 2.78. The monoisotopic (exact) mass is 342 g/mol. The zero-order valence-electron chi connectivity index (χ0n) is 9.87. The van der Waals surface area contributed by atoms with Gasteiger partial charge in [0, 0.05) is 21.0 Å². The highest BCUT2D eigenvalue weighted by atomic mass is 35.5. The van der Waals surface area contributed by atoms with Gasteiger partial charge in [0.1, 0.15) is 5.15 Å². The number of hydrogen-bond acceptors (Lipinski definition) is 2. The van der Waals surface area contributed by atoms with Gasteiger partial charge in [-0.3, -0.25) is 0 Å². The van der Waals surface area contributed by atoms with Crippen LogP contribution < -0.4 is 0 Å². The van der Waals surface area contributed by atoms with Gasteiger partial charge in [0.2, 0.25) is 0 Å². The van der Waals surface area contributed by atoms with E-state index in [4.69, 9.17) is 46.4 Å². The molecule has 0 aliphatic heterocycles. The first kappa shape index (κ1) is 13.9. The first-order chi connectivity index (χ1) is 9.54. The molecule has 0 N–H and O–H groups in total. The van der Waals surface area contributed by atoms with E-state index in [1.807, 2.05) is 0 Å². The van der Waals surface area contributed by atoms with E-state index in [-0.39, 0.29) is 0 Å². The molecule has 0 saturated heterocycles. The zero-order valence-corrected chi connectivity index (χ0v) is 12.9. The van der Waals surface area contributed by atoms with Crippen molar-refractivity contribution in [2.75, 3.05) is 0 Å². The fourth-order valence-electron chi connectivity index (χ4n) is 1.85. The summed E-state index contributed by atoms with van der Waals surface area (Å²) in [5.41, 5.74) is 1.38. The summed E-state index contributed by atoms with van der Waals surface area (Å²) in [6.07, 6.45) is 0. The molecular formula is C14H6Cl4N2. The average molecular weight is 344 g/mol. The normalized spacial score (nSPS) is 11.0. The number of nitrogens with zero attached hydrogens (tertiary/aromatic N) is 2. The number of halogens is 4. The Morgan fingerprint density at radius 3 is 2.20 bits per heavy atom. The lowest BCUT2D eigenvalue weighted by atomic mass is 10.2. The van der Waals surface area contributed by atoms with Crippen LogP contribution in [0.3, 0.4) is 0 Å². The second kappa shape index (κ2) is 5.38. The van der Waals surface area contributed by atoms with Crippen LogP contribution in [0, 0.1) is 0 Å². The fraction of sp³-hybridized carbons (Fsp3) is 0. The van der Waals surface area contributed by atoms with Gasteiger partial charge in [0.15, 0.2) is 5.82 Å². The van der Waals surface area contributed by atoms with Crippen molar-refractivity contribution in [2.45, 2.75) is 0 Å². The predicted molar refractivity (Wildman–Crippen MR) is 85.0 cm³/mol. The number of aromatic nitrogens is 2. The second-order valence-electron chi connectivity index (χ2n) is 4.12. The Morgan fingerprint density at radius 2 is 1.45 bits per heavy atom. The number of rotatable bonds is 1. The molecule has 0 atom stereocenters. The highest BCUT2D eigenvalue weighted by Crippen LogP contribution is 2.31. The van der Waals surface area contributed by atoms with Gasteiger partial charge in [-0.2, -0.15) is 0 Å². The summed E-state index contributed by atoms with van der Waals surface area (Å²) in [6, 6.07) is 10.4. The summed E-state index contributed by atoms with van der Waals surface area (Å²) in [6.45, 7) is 0. The molecular weight excluding hydrogens is 338 g/mol. The van der Waals surface area contributed by atoms with E-state index in [9.17, 15) is 0 Å². The number of benzene rings is 2. The number of fused-ring (bicyclic) bond motifs is 1. The smallest absolute Gasteiger partial charge is 0.162 e. The first-order valence-corrected chi connectivity index (χ1v) is 7.14. The summed E-state index contributed by atoms with van der Waals surface area (Å²) in [7, 11) is 0. The van der Waals surface area contributed by atoms with Crippen molar-refractivity contribution in [3.63, 3.8) is 0 Å². The summed E-state index contributed by atoms with van der Waals surface area (Å²) in [4.78, 5) is 8.73. The van der Waals surface area contributed by atoms with Gasteiger partial charge in [-0.25, -0.2) is 9.97 Å². The maximum absolute atomic E-state index is 6.19. The Kier molecular flexibility index (Phi) is 3.74. The van der Waals surface area contributed by atoms with Crippen LogP contribution in [0.15, 0.2) is 36.4 Å². The van der Waals surface area contributed by atoms with Gasteiger partial charge in [0.05, 0.1) is 10.5 Å². The second-order valence-corrected chi connectivity index (χ2v) is 5.76. The molecule has 1 aromatic heterocycles. The summed E-state index contributed by atoms with van der Waals surface area (Å²) >= 11 is 24.2. The van der Waals surface area contributed by atoms with Gasteiger partial charge in [0.25, 0.3) is 0 Å². The Labute approximate surface area is 135 Å². The summed E-state index contributed by atoms with van der Waals surface area (Å²) < 4.78 is 0. The van der Waals surface area contributed by atoms with E-state index < -0.39 is 0 Å². The van der Waals surface area contributed by atoms with Crippen molar-refractivity contribution < 1.29 is 0 Å². The van der Waals surface area contributed by atoms with Crippen LogP contribution in [0.1, 0.15) is 0 Å². The van der Waals surface area contributed by atoms with E-state index in [1.165, 1.54) is 0 Å². The van der Waals surface area contributed by atoms with Gasteiger partial charge < -0.3 is 0 Å². The van der Waals surface area contributed by atoms with Crippen LogP contribution in [-0.4, -0.2) is 9.97 Å². The third-order valence-corrected chi connectivity index (χ3v) is 3.85. The third kappa shape index (κ3) is 2.57. The zero-order chi connectivity index (χ0) is 14.3. The molecule has 0 aliphatic rings. The Bertz CT molecular complexity index is 818. The molecule has 6 heteroatoms. The lowest BCUT2D eigenvalue weighted by Crippen LogP contribution is -1.92. The summed E-state index contributed by atoms with van der Waals surface area (Å²) in [5, 5.41) is 2.64. The molecule has 3 aromatic rings. The van der Waals surface area contributed by atoms with Crippen molar-refractivity contribution >= 4 is 57.3 Å². The molecule has 0 fully saturated rings. The van der Waals surface area contributed by atoms with Crippen molar-refractivity contribution in [1.29, 1.82) is 0 Å². The molecule has 2 aromatic carbocycles. The molecule has 2 nitrogen and oxygen atoms in total. The first-order valence-electron chi connectivity index (χ1n) is 5.63. The highest BCUT2D eigenvalue weighted by molar-refractivity contribution is 6.37. The lowest BCUT2D eigenvalue weighted by molar-refractivity contribution is 1.23. The molecule has 0 bridgehead atoms. The maximum atomic E-state index is 6.19. The minimum absolute atomic E-state index is 0.332. The van der Waals surface area contributed by atoms with E-state index in [0.717, 1.165) is 0 Å².